The van der Waals surface area contributed by atoms with Gasteiger partial charge in [0.2, 0.25) is 0 Å². The van der Waals surface area contributed by atoms with Crippen LogP contribution in [0.25, 0.3) is 10.9 Å². The topological polar surface area (TPSA) is 42.3 Å². The van der Waals surface area contributed by atoms with Crippen molar-refractivity contribution in [3.05, 3.63) is 36.0 Å². The molecule has 4 nitrogen and oxygen atoms in total. The highest BCUT2D eigenvalue weighted by Gasteiger charge is 2.23. The summed E-state index contributed by atoms with van der Waals surface area (Å²) in [5.74, 6) is 0.594. The van der Waals surface area contributed by atoms with Gasteiger partial charge in [0.15, 0.2) is 0 Å². The van der Waals surface area contributed by atoms with Crippen molar-refractivity contribution in [3.63, 3.8) is 0 Å². The van der Waals surface area contributed by atoms with E-state index in [1.54, 1.807) is 0 Å². The van der Waals surface area contributed by atoms with Crippen LogP contribution in [0, 0.1) is 5.92 Å². The summed E-state index contributed by atoms with van der Waals surface area (Å²) in [4.78, 5) is 2.40. The highest BCUT2D eigenvalue weighted by atomic mass is 32.2. The van der Waals surface area contributed by atoms with Gasteiger partial charge in [-0.1, -0.05) is 18.2 Å². The van der Waals surface area contributed by atoms with Crippen molar-refractivity contribution < 1.29 is 8.42 Å². The Morgan fingerprint density at radius 3 is 2.77 bits per heavy atom. The first-order valence-electron chi connectivity index (χ1n) is 7.86. The quantitative estimate of drug-likeness (QED) is 0.869. The molecule has 0 saturated carbocycles. The summed E-state index contributed by atoms with van der Waals surface area (Å²) < 4.78 is 25.3. The van der Waals surface area contributed by atoms with Crippen LogP contribution in [0.5, 0.6) is 0 Å². The van der Waals surface area contributed by atoms with E-state index in [0.717, 1.165) is 32.5 Å². The van der Waals surface area contributed by atoms with Gasteiger partial charge in [-0.25, -0.2) is 8.42 Å². The molecule has 1 aromatic carbocycles. The average Bonchev–Trinajstić information content (AvgIpc) is 2.75. The third-order valence-electron chi connectivity index (χ3n) is 4.58. The summed E-state index contributed by atoms with van der Waals surface area (Å²) in [5.41, 5.74) is 2.54. The molecule has 0 bridgehead atoms. The van der Waals surface area contributed by atoms with Crippen LogP contribution in [-0.2, 0) is 23.4 Å². The summed E-state index contributed by atoms with van der Waals surface area (Å²) in [6.07, 6.45) is 3.46. The second-order valence-electron chi connectivity index (χ2n) is 6.59. The molecule has 1 fully saturated rings. The molecular weight excluding hydrogens is 296 g/mol. The van der Waals surface area contributed by atoms with Crippen molar-refractivity contribution >= 4 is 20.7 Å². The number of hydrogen-bond donors (Lipinski definition) is 0. The van der Waals surface area contributed by atoms with Crippen LogP contribution in [0.15, 0.2) is 30.3 Å². The van der Waals surface area contributed by atoms with E-state index in [1.807, 2.05) is 0 Å². The van der Waals surface area contributed by atoms with Crippen LogP contribution >= 0.6 is 0 Å². The summed E-state index contributed by atoms with van der Waals surface area (Å²) in [5, 5.41) is 1.27. The van der Waals surface area contributed by atoms with Gasteiger partial charge >= 0.3 is 0 Å². The van der Waals surface area contributed by atoms with Gasteiger partial charge in [0.05, 0.1) is 5.75 Å². The summed E-state index contributed by atoms with van der Waals surface area (Å²) in [6.45, 7) is 2.84. The first-order chi connectivity index (χ1) is 10.4. The van der Waals surface area contributed by atoms with Crippen LogP contribution in [0.3, 0.4) is 0 Å². The fraction of sp³-hybridized carbons (Fsp3) is 0.529. The lowest BCUT2D eigenvalue weighted by Gasteiger charge is -2.32. The Bertz CT molecular complexity index is 764. The zero-order valence-electron chi connectivity index (χ0n) is 13.3. The number of hydrogen-bond acceptors (Lipinski definition) is 3. The molecule has 0 N–H and O–H groups in total. The first kappa shape index (κ1) is 15.6. The summed E-state index contributed by atoms with van der Waals surface area (Å²) in [7, 11) is -0.774. The van der Waals surface area contributed by atoms with Crippen LogP contribution in [0.2, 0.25) is 0 Å². The van der Waals surface area contributed by atoms with E-state index in [2.05, 4.69) is 46.8 Å². The maximum atomic E-state index is 11.5. The number of likely N-dealkylation sites (tertiary alicyclic amines) is 1. The number of para-hydroxylation sites is 1. The maximum absolute atomic E-state index is 11.5. The van der Waals surface area contributed by atoms with Crippen molar-refractivity contribution in [1.82, 2.24) is 9.47 Å². The monoisotopic (exact) mass is 320 g/mol. The lowest BCUT2D eigenvalue weighted by atomic mass is 10.00. The minimum atomic E-state index is -2.88. The van der Waals surface area contributed by atoms with Gasteiger partial charge in [0, 0.05) is 37.6 Å². The molecule has 0 amide bonds. The molecular formula is C17H24N2O2S. The fourth-order valence-corrected chi connectivity index (χ4v) is 4.71. The van der Waals surface area contributed by atoms with Gasteiger partial charge in [-0.2, -0.15) is 0 Å². The minimum Gasteiger partial charge on any atom is -0.346 e. The Kier molecular flexibility index (Phi) is 4.28. The molecule has 2 heterocycles. The zero-order chi connectivity index (χ0) is 15.7. The fourth-order valence-electron chi connectivity index (χ4n) is 3.59. The van der Waals surface area contributed by atoms with E-state index in [0.29, 0.717) is 5.75 Å². The number of sulfone groups is 1. The Morgan fingerprint density at radius 2 is 2.05 bits per heavy atom. The number of aryl methyl sites for hydroxylation is 1. The molecule has 22 heavy (non-hydrogen) atoms. The highest BCUT2D eigenvalue weighted by Crippen LogP contribution is 2.23. The van der Waals surface area contributed by atoms with Gasteiger partial charge < -0.3 is 4.57 Å². The smallest absolute Gasteiger partial charge is 0.147 e. The van der Waals surface area contributed by atoms with Gasteiger partial charge in [-0.05, 0) is 42.8 Å². The second-order valence-corrected chi connectivity index (χ2v) is 8.77. The normalized spacial score (nSPS) is 20.5. The number of fused-ring (bicyclic) bond motifs is 1. The van der Waals surface area contributed by atoms with Crippen molar-refractivity contribution in [2.75, 3.05) is 25.1 Å². The molecule has 0 radical (unpaired) electrons. The molecule has 1 atom stereocenters. The molecule has 5 heteroatoms. The predicted octanol–water partition coefficient (Wildman–Crippen LogP) is 2.43. The Morgan fingerprint density at radius 1 is 1.27 bits per heavy atom. The van der Waals surface area contributed by atoms with E-state index in [4.69, 9.17) is 0 Å². The zero-order valence-corrected chi connectivity index (χ0v) is 14.1. The maximum Gasteiger partial charge on any atom is 0.147 e. The van der Waals surface area contributed by atoms with Gasteiger partial charge in [0.25, 0.3) is 0 Å². The van der Waals surface area contributed by atoms with E-state index in [-0.39, 0.29) is 5.92 Å². The first-order valence-corrected chi connectivity index (χ1v) is 9.92. The number of benzene rings is 1. The largest absolute Gasteiger partial charge is 0.346 e. The van der Waals surface area contributed by atoms with Gasteiger partial charge in [-0.3, -0.25) is 4.90 Å². The molecule has 120 valence electrons. The number of nitrogens with zero attached hydrogens (tertiary/aromatic N) is 2. The van der Waals surface area contributed by atoms with Crippen LogP contribution in [0.4, 0.5) is 0 Å². The standard InChI is InChI=1S/C17H24N2O2S/c1-18-16(10-15-7-3-4-8-17(15)18)12-19-9-5-6-14(11-19)13-22(2,20)21/h3-4,7-8,10,14H,5-6,9,11-13H2,1-2H3/t14-/m1/s1. The number of aromatic nitrogens is 1. The van der Waals surface area contributed by atoms with E-state index in [9.17, 15) is 8.42 Å². The van der Waals surface area contributed by atoms with Crippen molar-refractivity contribution in [2.45, 2.75) is 19.4 Å². The lowest BCUT2D eigenvalue weighted by molar-refractivity contribution is 0.175. The van der Waals surface area contributed by atoms with Crippen LogP contribution < -0.4 is 0 Å². The van der Waals surface area contributed by atoms with Crippen molar-refractivity contribution in [3.8, 4) is 0 Å². The Labute approximate surface area is 132 Å². The van der Waals surface area contributed by atoms with Crippen molar-refractivity contribution in [1.29, 1.82) is 0 Å². The molecule has 1 aromatic heterocycles. The molecule has 3 rings (SSSR count). The number of piperidine rings is 1. The second kappa shape index (κ2) is 6.05. The molecule has 1 saturated heterocycles. The molecule has 2 aromatic rings. The third kappa shape index (κ3) is 3.52. The van der Waals surface area contributed by atoms with E-state index >= 15 is 0 Å². The summed E-state index contributed by atoms with van der Waals surface area (Å²) >= 11 is 0. The molecule has 1 aliphatic rings. The third-order valence-corrected chi connectivity index (χ3v) is 5.66. The van der Waals surface area contributed by atoms with Crippen molar-refractivity contribution in [2.24, 2.45) is 13.0 Å². The molecule has 0 unspecified atom stereocenters. The van der Waals surface area contributed by atoms with Gasteiger partial charge in [-0.15, -0.1) is 0 Å². The lowest BCUT2D eigenvalue weighted by Crippen LogP contribution is -2.37. The number of rotatable bonds is 4. The molecule has 0 spiro atoms. The summed E-state index contributed by atoms with van der Waals surface area (Å²) in [6, 6.07) is 10.7. The Balaban J connectivity index is 1.73. The van der Waals surface area contributed by atoms with Crippen LogP contribution in [0.1, 0.15) is 18.5 Å². The minimum absolute atomic E-state index is 0.276. The molecule has 1 aliphatic heterocycles. The SMILES string of the molecule is Cn1c(CN2CCC[C@@H](CS(C)(=O)=O)C2)cc2ccccc21. The average molecular weight is 320 g/mol. The van der Waals surface area contributed by atoms with E-state index in [1.165, 1.54) is 22.9 Å². The van der Waals surface area contributed by atoms with E-state index < -0.39 is 9.84 Å². The Hall–Kier alpha value is -1.33. The van der Waals surface area contributed by atoms with Gasteiger partial charge in [0.1, 0.15) is 9.84 Å². The highest BCUT2D eigenvalue weighted by molar-refractivity contribution is 7.90. The predicted molar refractivity (Wildman–Crippen MR) is 90.6 cm³/mol. The molecule has 0 aliphatic carbocycles. The van der Waals surface area contributed by atoms with Crippen LogP contribution in [-0.4, -0.2) is 43.0 Å².